The number of anilines is 1. The van der Waals surface area contributed by atoms with Gasteiger partial charge in [-0.15, -0.1) is 0 Å². The third-order valence-corrected chi connectivity index (χ3v) is 3.92. The summed E-state index contributed by atoms with van der Waals surface area (Å²) in [5.74, 6) is 0.295. The van der Waals surface area contributed by atoms with Crippen molar-refractivity contribution in [2.24, 2.45) is 5.10 Å². The van der Waals surface area contributed by atoms with Crippen molar-refractivity contribution in [3.05, 3.63) is 75.7 Å². The van der Waals surface area contributed by atoms with Gasteiger partial charge >= 0.3 is 0 Å². The molecule has 0 aliphatic carbocycles. The normalized spacial score (nSPS) is 10.8. The van der Waals surface area contributed by atoms with Gasteiger partial charge in [-0.25, -0.2) is 0 Å². The van der Waals surface area contributed by atoms with E-state index in [-0.39, 0.29) is 16.5 Å². The third kappa shape index (κ3) is 3.52. The van der Waals surface area contributed by atoms with Gasteiger partial charge in [-0.05, 0) is 24.3 Å². The highest BCUT2D eigenvalue weighted by Crippen LogP contribution is 2.28. The smallest absolute Gasteiger partial charge is 0.292 e. The molecule has 0 radical (unpaired) electrons. The lowest BCUT2D eigenvalue weighted by molar-refractivity contribution is 0.373. The number of hydrazone groups is 1. The summed E-state index contributed by atoms with van der Waals surface area (Å²) >= 11 is 6.13. The molecule has 0 amide bonds. The van der Waals surface area contributed by atoms with E-state index in [0.717, 1.165) is 0 Å². The molecule has 2 aromatic carbocycles. The van der Waals surface area contributed by atoms with E-state index < -0.39 is 5.56 Å². The predicted octanol–water partition coefficient (Wildman–Crippen LogP) is 3.05. The minimum absolute atomic E-state index is 0.0377. The zero-order valence-electron chi connectivity index (χ0n) is 13.8. The van der Waals surface area contributed by atoms with Gasteiger partial charge in [0, 0.05) is 5.56 Å². The number of aromatic hydroxyl groups is 1. The summed E-state index contributed by atoms with van der Waals surface area (Å²) in [5, 5.41) is 18.0. The fourth-order valence-corrected chi connectivity index (χ4v) is 2.41. The van der Waals surface area contributed by atoms with Crippen molar-refractivity contribution in [1.82, 2.24) is 9.78 Å². The Hall–Kier alpha value is -3.32. The van der Waals surface area contributed by atoms with Crippen LogP contribution in [0.1, 0.15) is 5.56 Å². The van der Waals surface area contributed by atoms with Gasteiger partial charge in [0.25, 0.3) is 5.56 Å². The second kappa shape index (κ2) is 7.71. The van der Waals surface area contributed by atoms with Crippen molar-refractivity contribution < 1.29 is 9.84 Å². The monoisotopic (exact) mass is 370 g/mol. The molecule has 3 aromatic rings. The number of benzene rings is 2. The molecule has 8 heteroatoms. The molecule has 0 bridgehead atoms. The molecule has 2 N–H and O–H groups in total. The van der Waals surface area contributed by atoms with Crippen LogP contribution in [0, 0.1) is 0 Å². The molecule has 3 rings (SSSR count). The molecular formula is C18H15ClN4O3. The number of hydrogen-bond acceptors (Lipinski definition) is 6. The van der Waals surface area contributed by atoms with Crippen LogP contribution in [-0.2, 0) is 0 Å². The van der Waals surface area contributed by atoms with Crippen LogP contribution in [0.25, 0.3) is 5.69 Å². The number of phenolic OH excluding ortho intramolecular Hbond substituents is 1. The average Bonchev–Trinajstić information content (AvgIpc) is 2.67. The van der Waals surface area contributed by atoms with E-state index in [4.69, 9.17) is 16.3 Å². The molecule has 0 spiro atoms. The van der Waals surface area contributed by atoms with Crippen LogP contribution in [0.2, 0.25) is 5.02 Å². The Morgan fingerprint density at radius 1 is 1.23 bits per heavy atom. The van der Waals surface area contributed by atoms with Gasteiger partial charge in [-0.2, -0.15) is 14.9 Å². The van der Waals surface area contributed by atoms with Gasteiger partial charge in [-0.3, -0.25) is 10.2 Å². The van der Waals surface area contributed by atoms with Crippen LogP contribution in [0.5, 0.6) is 11.5 Å². The summed E-state index contributed by atoms with van der Waals surface area (Å²) in [5.41, 5.74) is 3.49. The van der Waals surface area contributed by atoms with E-state index >= 15 is 0 Å². The molecule has 1 aromatic heterocycles. The maximum Gasteiger partial charge on any atom is 0.292 e. The standard InChI is InChI=1S/C18H15ClN4O3/c1-26-15-9-5-6-12(17(15)24)10-20-22-14-11-21-23(18(25)16(14)19)13-7-3-2-4-8-13/h2-11,22,24H,1H3/b20-10-. The lowest BCUT2D eigenvalue weighted by Gasteiger charge is -2.08. The third-order valence-electron chi connectivity index (χ3n) is 3.56. The van der Waals surface area contributed by atoms with Gasteiger partial charge in [0.1, 0.15) is 10.7 Å². The van der Waals surface area contributed by atoms with E-state index in [1.54, 1.807) is 42.5 Å². The second-order valence-corrected chi connectivity index (χ2v) is 5.57. The summed E-state index contributed by atoms with van der Waals surface area (Å²) in [7, 11) is 1.46. The number of rotatable bonds is 5. The van der Waals surface area contributed by atoms with Crippen molar-refractivity contribution >= 4 is 23.5 Å². The maximum absolute atomic E-state index is 12.4. The lowest BCUT2D eigenvalue weighted by atomic mass is 10.2. The second-order valence-electron chi connectivity index (χ2n) is 5.19. The summed E-state index contributed by atoms with van der Waals surface area (Å²) in [4.78, 5) is 12.4. The number of aromatic nitrogens is 2. The Bertz CT molecular complexity index is 1000. The molecular weight excluding hydrogens is 356 g/mol. The first-order valence-electron chi connectivity index (χ1n) is 7.60. The van der Waals surface area contributed by atoms with Crippen molar-refractivity contribution in [3.8, 4) is 17.2 Å². The molecule has 0 fully saturated rings. The SMILES string of the molecule is COc1cccc(/C=N\Nc2cnn(-c3ccccc3)c(=O)c2Cl)c1O. The zero-order valence-corrected chi connectivity index (χ0v) is 14.5. The van der Waals surface area contributed by atoms with E-state index in [1.807, 2.05) is 6.07 Å². The molecule has 0 saturated heterocycles. The molecule has 1 heterocycles. The van der Waals surface area contributed by atoms with Gasteiger partial charge in [0.15, 0.2) is 11.5 Å². The van der Waals surface area contributed by atoms with Crippen LogP contribution >= 0.6 is 11.6 Å². The van der Waals surface area contributed by atoms with Crippen LogP contribution in [0.15, 0.2) is 64.6 Å². The minimum atomic E-state index is -0.470. The number of phenols is 1. The van der Waals surface area contributed by atoms with E-state index in [2.05, 4.69) is 15.6 Å². The van der Waals surface area contributed by atoms with Crippen molar-refractivity contribution in [3.63, 3.8) is 0 Å². The van der Waals surface area contributed by atoms with Crippen LogP contribution in [0.4, 0.5) is 5.69 Å². The predicted molar refractivity (Wildman–Crippen MR) is 101 cm³/mol. The average molecular weight is 371 g/mol. The summed E-state index contributed by atoms with van der Waals surface area (Å²) in [6.45, 7) is 0. The molecule has 7 nitrogen and oxygen atoms in total. The van der Waals surface area contributed by atoms with Crippen LogP contribution in [-0.4, -0.2) is 28.2 Å². The number of para-hydroxylation sites is 2. The van der Waals surface area contributed by atoms with Crippen molar-refractivity contribution in [1.29, 1.82) is 0 Å². The number of methoxy groups -OCH3 is 1. The van der Waals surface area contributed by atoms with Gasteiger partial charge in [0.05, 0.1) is 25.2 Å². The summed E-state index contributed by atoms with van der Waals surface area (Å²) in [6.07, 6.45) is 2.79. The number of halogens is 1. The molecule has 26 heavy (non-hydrogen) atoms. The number of ether oxygens (including phenoxy) is 1. The van der Waals surface area contributed by atoms with Crippen molar-refractivity contribution in [2.75, 3.05) is 12.5 Å². The van der Waals surface area contributed by atoms with Crippen LogP contribution in [0.3, 0.4) is 0 Å². The summed E-state index contributed by atoms with van der Waals surface area (Å²) in [6, 6.07) is 14.0. The van der Waals surface area contributed by atoms with E-state index in [1.165, 1.54) is 24.2 Å². The fourth-order valence-electron chi connectivity index (χ4n) is 2.24. The van der Waals surface area contributed by atoms with E-state index in [0.29, 0.717) is 17.0 Å². The largest absolute Gasteiger partial charge is 0.504 e. The molecule has 0 aliphatic rings. The lowest BCUT2D eigenvalue weighted by Crippen LogP contribution is -2.22. The number of nitrogens with one attached hydrogen (secondary N) is 1. The Morgan fingerprint density at radius 2 is 2.00 bits per heavy atom. The first kappa shape index (κ1) is 17.5. The number of hydrogen-bond donors (Lipinski definition) is 2. The number of nitrogens with zero attached hydrogens (tertiary/aromatic N) is 3. The topological polar surface area (TPSA) is 88.7 Å². The zero-order chi connectivity index (χ0) is 18.5. The molecule has 132 valence electrons. The highest BCUT2D eigenvalue weighted by Gasteiger charge is 2.10. The van der Waals surface area contributed by atoms with Crippen LogP contribution < -0.4 is 15.7 Å². The van der Waals surface area contributed by atoms with Gasteiger partial charge in [0.2, 0.25) is 0 Å². The highest BCUT2D eigenvalue weighted by atomic mass is 35.5. The quantitative estimate of drug-likeness (QED) is 0.532. The first-order valence-corrected chi connectivity index (χ1v) is 7.98. The Kier molecular flexibility index (Phi) is 5.19. The Balaban J connectivity index is 1.83. The fraction of sp³-hybridized carbons (Fsp3) is 0.0556. The maximum atomic E-state index is 12.4. The molecule has 0 aliphatic heterocycles. The van der Waals surface area contributed by atoms with Gasteiger partial charge in [-0.1, -0.05) is 35.9 Å². The molecule has 0 atom stereocenters. The Morgan fingerprint density at radius 3 is 2.73 bits per heavy atom. The highest BCUT2D eigenvalue weighted by molar-refractivity contribution is 6.32. The van der Waals surface area contributed by atoms with Crippen molar-refractivity contribution in [2.45, 2.75) is 0 Å². The first-order chi connectivity index (χ1) is 12.6. The molecule has 0 saturated carbocycles. The summed E-state index contributed by atoms with van der Waals surface area (Å²) < 4.78 is 6.23. The molecule has 0 unspecified atom stereocenters. The van der Waals surface area contributed by atoms with E-state index in [9.17, 15) is 9.90 Å². The van der Waals surface area contributed by atoms with Gasteiger partial charge < -0.3 is 9.84 Å². The Labute approximate surface area is 154 Å². The minimum Gasteiger partial charge on any atom is -0.504 e.